The molecule has 20 heavy (non-hydrogen) atoms. The first kappa shape index (κ1) is 12.0. The van der Waals surface area contributed by atoms with Gasteiger partial charge in [-0.1, -0.05) is 17.3 Å². The lowest BCUT2D eigenvalue weighted by Crippen LogP contribution is -1.88. The molecule has 2 heterocycles. The van der Waals surface area contributed by atoms with E-state index in [0.29, 0.717) is 17.0 Å². The van der Waals surface area contributed by atoms with E-state index < -0.39 is 5.95 Å². The number of nitriles is 1. The Morgan fingerprint density at radius 3 is 2.90 bits per heavy atom. The molecule has 96 valence electrons. The van der Waals surface area contributed by atoms with Gasteiger partial charge in [-0.3, -0.25) is 0 Å². The predicted octanol–water partition coefficient (Wildman–Crippen LogP) is 2.81. The minimum absolute atomic E-state index is 0.0490. The third kappa shape index (κ3) is 2.12. The number of halogens is 1. The average molecular weight is 266 g/mol. The highest BCUT2D eigenvalue weighted by molar-refractivity contribution is 5.61. The lowest BCUT2D eigenvalue weighted by Gasteiger charge is -1.94. The van der Waals surface area contributed by atoms with Crippen LogP contribution in [0.3, 0.4) is 0 Å². The molecule has 0 atom stereocenters. The van der Waals surface area contributed by atoms with Gasteiger partial charge in [0.1, 0.15) is 0 Å². The second-order valence-electron chi connectivity index (χ2n) is 3.96. The van der Waals surface area contributed by atoms with Gasteiger partial charge in [-0.05, 0) is 24.3 Å². The molecular formula is C14H7FN4O. The van der Waals surface area contributed by atoms with Crippen molar-refractivity contribution in [3.8, 4) is 28.9 Å². The zero-order chi connectivity index (χ0) is 13.9. The quantitative estimate of drug-likeness (QED) is 0.666. The minimum atomic E-state index is -0.673. The molecule has 3 aromatic rings. The molecule has 0 saturated heterocycles. The van der Waals surface area contributed by atoms with Crippen molar-refractivity contribution in [2.75, 3.05) is 0 Å². The highest BCUT2D eigenvalue weighted by Gasteiger charge is 2.14. The van der Waals surface area contributed by atoms with Crippen LogP contribution < -0.4 is 0 Å². The van der Waals surface area contributed by atoms with Crippen LogP contribution in [0.1, 0.15) is 5.56 Å². The van der Waals surface area contributed by atoms with Crippen molar-refractivity contribution in [1.82, 2.24) is 15.1 Å². The third-order valence-electron chi connectivity index (χ3n) is 2.67. The molecule has 0 unspecified atom stereocenters. The summed E-state index contributed by atoms with van der Waals surface area (Å²) in [4.78, 5) is 7.65. The van der Waals surface area contributed by atoms with Crippen molar-refractivity contribution in [2.24, 2.45) is 0 Å². The maximum Gasteiger partial charge on any atom is 0.262 e. The molecule has 2 aromatic heterocycles. The van der Waals surface area contributed by atoms with Gasteiger partial charge in [0.25, 0.3) is 5.89 Å². The molecule has 0 fully saturated rings. The molecule has 3 rings (SSSR count). The topological polar surface area (TPSA) is 75.6 Å². The molecule has 0 amide bonds. The van der Waals surface area contributed by atoms with Crippen LogP contribution in [0.5, 0.6) is 0 Å². The Kier molecular flexibility index (Phi) is 2.94. The van der Waals surface area contributed by atoms with Crippen LogP contribution in [0.25, 0.3) is 22.8 Å². The smallest absolute Gasteiger partial charge is 0.262 e. The first-order valence-electron chi connectivity index (χ1n) is 5.73. The van der Waals surface area contributed by atoms with Crippen molar-refractivity contribution < 1.29 is 8.91 Å². The van der Waals surface area contributed by atoms with E-state index in [1.165, 1.54) is 12.3 Å². The SMILES string of the molecule is N#Cc1cccc(-c2noc(-c3cccnc3F)n2)c1. The Hall–Kier alpha value is -3.07. The summed E-state index contributed by atoms with van der Waals surface area (Å²) in [7, 11) is 0. The maximum absolute atomic E-state index is 13.5. The molecule has 0 saturated carbocycles. The molecule has 0 N–H and O–H groups in total. The second-order valence-corrected chi connectivity index (χ2v) is 3.96. The van der Waals surface area contributed by atoms with Crippen molar-refractivity contribution >= 4 is 0 Å². The average Bonchev–Trinajstić information content (AvgIpc) is 2.97. The highest BCUT2D eigenvalue weighted by Crippen LogP contribution is 2.23. The van der Waals surface area contributed by atoms with E-state index in [4.69, 9.17) is 9.78 Å². The van der Waals surface area contributed by atoms with E-state index in [-0.39, 0.29) is 11.5 Å². The molecule has 0 spiro atoms. The molecule has 6 heteroatoms. The van der Waals surface area contributed by atoms with Crippen LogP contribution in [-0.2, 0) is 0 Å². The van der Waals surface area contributed by atoms with Gasteiger partial charge < -0.3 is 4.52 Å². The number of hydrogen-bond acceptors (Lipinski definition) is 5. The van der Waals surface area contributed by atoms with Crippen LogP contribution in [0.15, 0.2) is 47.1 Å². The first-order valence-corrected chi connectivity index (χ1v) is 5.73. The zero-order valence-electron chi connectivity index (χ0n) is 10.1. The number of benzene rings is 1. The molecule has 0 aliphatic rings. The lowest BCUT2D eigenvalue weighted by molar-refractivity contribution is 0.428. The van der Waals surface area contributed by atoms with Crippen LogP contribution in [0.4, 0.5) is 4.39 Å². The van der Waals surface area contributed by atoms with Gasteiger partial charge in [0.2, 0.25) is 11.8 Å². The van der Waals surface area contributed by atoms with Crippen molar-refractivity contribution in [3.05, 3.63) is 54.1 Å². The van der Waals surface area contributed by atoms with Gasteiger partial charge >= 0.3 is 0 Å². The van der Waals surface area contributed by atoms with E-state index in [9.17, 15) is 4.39 Å². The summed E-state index contributed by atoms with van der Waals surface area (Å²) in [5, 5.41) is 12.6. The number of pyridine rings is 1. The third-order valence-corrected chi connectivity index (χ3v) is 2.67. The van der Waals surface area contributed by atoms with E-state index in [1.807, 2.05) is 6.07 Å². The van der Waals surface area contributed by atoms with Crippen LogP contribution in [-0.4, -0.2) is 15.1 Å². The first-order chi connectivity index (χ1) is 9.78. The summed E-state index contributed by atoms with van der Waals surface area (Å²) < 4.78 is 18.6. The summed E-state index contributed by atoms with van der Waals surface area (Å²) in [5.74, 6) is -0.332. The normalized spacial score (nSPS) is 10.2. The second kappa shape index (κ2) is 4.90. The molecule has 5 nitrogen and oxygen atoms in total. The maximum atomic E-state index is 13.5. The molecule has 0 radical (unpaired) electrons. The largest absolute Gasteiger partial charge is 0.333 e. The minimum Gasteiger partial charge on any atom is -0.333 e. The Labute approximate surface area is 113 Å². The van der Waals surface area contributed by atoms with Gasteiger partial charge in [-0.15, -0.1) is 0 Å². The molecule has 1 aromatic carbocycles. The van der Waals surface area contributed by atoms with Crippen LogP contribution in [0.2, 0.25) is 0 Å². The summed E-state index contributed by atoms with van der Waals surface area (Å²) in [6.45, 7) is 0. The fourth-order valence-corrected chi connectivity index (χ4v) is 1.72. The lowest BCUT2D eigenvalue weighted by atomic mass is 10.1. The van der Waals surface area contributed by atoms with Gasteiger partial charge in [0.05, 0.1) is 17.2 Å². The monoisotopic (exact) mass is 266 g/mol. The molecule has 0 aliphatic heterocycles. The Morgan fingerprint density at radius 1 is 1.20 bits per heavy atom. The zero-order valence-corrected chi connectivity index (χ0v) is 10.1. The number of nitrogens with zero attached hydrogens (tertiary/aromatic N) is 4. The van der Waals surface area contributed by atoms with Gasteiger partial charge in [0.15, 0.2) is 0 Å². The number of rotatable bonds is 2. The van der Waals surface area contributed by atoms with Crippen molar-refractivity contribution in [1.29, 1.82) is 5.26 Å². The Morgan fingerprint density at radius 2 is 2.10 bits per heavy atom. The Balaban J connectivity index is 2.02. The summed E-state index contributed by atoms with van der Waals surface area (Å²) in [6, 6.07) is 11.9. The molecule has 0 aliphatic carbocycles. The fourth-order valence-electron chi connectivity index (χ4n) is 1.72. The number of hydrogen-bond donors (Lipinski definition) is 0. The van der Waals surface area contributed by atoms with Crippen molar-refractivity contribution in [3.63, 3.8) is 0 Å². The summed E-state index contributed by atoms with van der Waals surface area (Å²) in [6.07, 6.45) is 1.34. The van der Waals surface area contributed by atoms with Crippen molar-refractivity contribution in [2.45, 2.75) is 0 Å². The van der Waals surface area contributed by atoms with E-state index >= 15 is 0 Å². The molecule has 0 bridgehead atoms. The highest BCUT2D eigenvalue weighted by atomic mass is 19.1. The van der Waals surface area contributed by atoms with Gasteiger partial charge in [-0.25, -0.2) is 4.98 Å². The van der Waals surface area contributed by atoms with E-state index in [2.05, 4.69) is 15.1 Å². The van der Waals surface area contributed by atoms with E-state index in [1.54, 1.807) is 30.3 Å². The summed E-state index contributed by atoms with van der Waals surface area (Å²) in [5.41, 5.74) is 1.26. The summed E-state index contributed by atoms with van der Waals surface area (Å²) >= 11 is 0. The van der Waals surface area contributed by atoms with Crippen LogP contribution >= 0.6 is 0 Å². The van der Waals surface area contributed by atoms with Crippen LogP contribution in [0, 0.1) is 17.3 Å². The standard InChI is InChI=1S/C14H7FN4O/c15-12-11(5-2-6-17-12)14-18-13(19-20-14)10-4-1-3-9(7-10)8-16/h1-7H. The fraction of sp³-hybridized carbons (Fsp3) is 0. The molecular weight excluding hydrogens is 259 g/mol. The predicted molar refractivity (Wildman–Crippen MR) is 67.6 cm³/mol. The number of aromatic nitrogens is 3. The Bertz CT molecular complexity index is 807. The van der Waals surface area contributed by atoms with Gasteiger partial charge in [-0.2, -0.15) is 14.6 Å². The van der Waals surface area contributed by atoms with Gasteiger partial charge in [0, 0.05) is 11.8 Å². The van der Waals surface area contributed by atoms with E-state index in [0.717, 1.165) is 0 Å².